The molecule has 6 heteroatoms. The Kier molecular flexibility index (Phi) is 4.71. The summed E-state index contributed by atoms with van der Waals surface area (Å²) < 4.78 is 0. The van der Waals surface area contributed by atoms with Gasteiger partial charge in [0, 0.05) is 35.1 Å². The minimum Gasteiger partial charge on any atom is -0.481 e. The minimum absolute atomic E-state index is 0.0706. The molecule has 1 heterocycles. The Hall–Kier alpha value is -2.14. The van der Waals surface area contributed by atoms with E-state index >= 15 is 0 Å². The van der Waals surface area contributed by atoms with Gasteiger partial charge in [0.05, 0.1) is 17.5 Å². The number of hydrogen-bond acceptors (Lipinski definition) is 3. The maximum Gasteiger partial charge on any atom is 0.305 e. The van der Waals surface area contributed by atoms with E-state index in [0.717, 1.165) is 24.1 Å². The summed E-state index contributed by atoms with van der Waals surface area (Å²) in [7, 11) is 0. The fourth-order valence-electron chi connectivity index (χ4n) is 2.79. The molecule has 0 radical (unpaired) electrons. The van der Waals surface area contributed by atoms with Gasteiger partial charge in [-0.15, -0.1) is 0 Å². The van der Waals surface area contributed by atoms with Crippen molar-refractivity contribution in [2.45, 2.75) is 32.1 Å². The highest BCUT2D eigenvalue weighted by Crippen LogP contribution is 2.40. The maximum absolute atomic E-state index is 13.0. The van der Waals surface area contributed by atoms with Gasteiger partial charge in [-0.2, -0.15) is 0 Å². The molecule has 0 bridgehead atoms. The molecule has 1 aromatic heterocycles. The van der Waals surface area contributed by atoms with Crippen LogP contribution in [-0.2, 0) is 4.79 Å². The lowest BCUT2D eigenvalue weighted by atomic mass is 10.0. The van der Waals surface area contributed by atoms with Crippen molar-refractivity contribution in [3.8, 4) is 0 Å². The number of aromatic nitrogens is 1. The van der Waals surface area contributed by atoms with Crippen molar-refractivity contribution in [2.24, 2.45) is 0 Å². The Morgan fingerprint density at radius 1 is 1.33 bits per heavy atom. The van der Waals surface area contributed by atoms with E-state index in [4.69, 9.17) is 16.7 Å². The first-order chi connectivity index (χ1) is 11.5. The van der Waals surface area contributed by atoms with Crippen LogP contribution >= 0.6 is 11.6 Å². The molecule has 0 atom stereocenters. The molecule has 0 spiro atoms. The number of carbonyl (C=O) groups excluding carboxylic acids is 1. The number of pyridine rings is 1. The van der Waals surface area contributed by atoms with Gasteiger partial charge < -0.3 is 10.0 Å². The molecule has 0 aliphatic heterocycles. The number of nitrogens with zero attached hydrogens (tertiary/aromatic N) is 2. The van der Waals surface area contributed by atoms with Gasteiger partial charge in [-0.05, 0) is 44.0 Å². The van der Waals surface area contributed by atoms with Crippen molar-refractivity contribution < 1.29 is 14.7 Å². The molecule has 24 heavy (non-hydrogen) atoms. The molecular weight excluding hydrogens is 328 g/mol. The highest BCUT2D eigenvalue weighted by atomic mass is 35.5. The van der Waals surface area contributed by atoms with E-state index in [1.807, 2.05) is 19.1 Å². The summed E-state index contributed by atoms with van der Waals surface area (Å²) in [5.74, 6) is -0.663. The molecule has 1 amide bonds. The third kappa shape index (κ3) is 3.51. The lowest BCUT2D eigenvalue weighted by Gasteiger charge is -2.21. The van der Waals surface area contributed by atoms with Crippen LogP contribution in [0.5, 0.6) is 0 Å². The zero-order valence-electron chi connectivity index (χ0n) is 13.5. The molecule has 0 saturated heterocycles. The minimum atomic E-state index is -0.914. The Morgan fingerprint density at radius 3 is 2.71 bits per heavy atom. The van der Waals surface area contributed by atoms with Gasteiger partial charge in [0.25, 0.3) is 5.91 Å². The van der Waals surface area contributed by atoms with E-state index in [1.165, 1.54) is 0 Å². The van der Waals surface area contributed by atoms with E-state index in [9.17, 15) is 9.59 Å². The second kappa shape index (κ2) is 6.77. The van der Waals surface area contributed by atoms with Crippen LogP contribution < -0.4 is 0 Å². The normalized spacial score (nSPS) is 13.9. The lowest BCUT2D eigenvalue weighted by Crippen LogP contribution is -2.33. The third-order valence-electron chi connectivity index (χ3n) is 4.28. The van der Waals surface area contributed by atoms with Crippen LogP contribution in [0.25, 0.3) is 10.9 Å². The molecule has 1 N–H and O–H groups in total. The molecule has 0 unspecified atom stereocenters. The third-order valence-corrected chi connectivity index (χ3v) is 4.52. The van der Waals surface area contributed by atoms with Crippen LogP contribution in [0.1, 0.15) is 48.2 Å². The Balaban J connectivity index is 2.03. The first-order valence-electron chi connectivity index (χ1n) is 8.11. The summed E-state index contributed by atoms with van der Waals surface area (Å²) in [6, 6.07) is 7.19. The van der Waals surface area contributed by atoms with E-state index < -0.39 is 5.97 Å². The first-order valence-corrected chi connectivity index (χ1v) is 8.48. The number of amides is 1. The number of carboxylic acids is 1. The summed E-state index contributed by atoms with van der Waals surface area (Å²) in [4.78, 5) is 30.0. The van der Waals surface area contributed by atoms with E-state index in [-0.39, 0.29) is 18.9 Å². The van der Waals surface area contributed by atoms with E-state index in [2.05, 4.69) is 4.98 Å². The highest BCUT2D eigenvalue weighted by molar-refractivity contribution is 6.31. The largest absolute Gasteiger partial charge is 0.481 e. The SMILES string of the molecule is CCN(CCC(=O)O)C(=O)c1cc(C2CC2)nc2ccc(Cl)cc12. The number of carboxylic acid groups (broad SMARTS) is 1. The average Bonchev–Trinajstić information content (AvgIpc) is 3.39. The number of halogens is 1. The van der Waals surface area contributed by atoms with E-state index in [0.29, 0.717) is 28.4 Å². The van der Waals surface area contributed by atoms with Crippen LogP contribution in [0.3, 0.4) is 0 Å². The predicted molar refractivity (Wildman–Crippen MR) is 92.6 cm³/mol. The molecule has 1 aromatic carbocycles. The summed E-state index contributed by atoms with van der Waals surface area (Å²) in [6.07, 6.45) is 2.12. The van der Waals surface area contributed by atoms with Crippen molar-refractivity contribution in [1.29, 1.82) is 0 Å². The smallest absolute Gasteiger partial charge is 0.305 e. The molecule has 126 valence electrons. The molecule has 1 aliphatic rings. The van der Waals surface area contributed by atoms with Gasteiger partial charge >= 0.3 is 5.97 Å². The Labute approximate surface area is 145 Å². The van der Waals surface area contributed by atoms with Crippen LogP contribution in [0.4, 0.5) is 0 Å². The number of carbonyl (C=O) groups is 2. The molecular formula is C18H19ClN2O3. The Morgan fingerprint density at radius 2 is 2.08 bits per heavy atom. The zero-order chi connectivity index (χ0) is 17.3. The van der Waals surface area contributed by atoms with Gasteiger partial charge in [0.1, 0.15) is 0 Å². The molecule has 1 aliphatic carbocycles. The molecule has 3 rings (SSSR count). The van der Waals surface area contributed by atoms with Crippen molar-refractivity contribution in [3.63, 3.8) is 0 Å². The molecule has 1 saturated carbocycles. The molecule has 1 fully saturated rings. The number of rotatable bonds is 6. The number of fused-ring (bicyclic) bond motifs is 1. The summed E-state index contributed by atoms with van der Waals surface area (Å²) in [5, 5.41) is 10.1. The fraction of sp³-hybridized carbons (Fsp3) is 0.389. The summed E-state index contributed by atoms with van der Waals surface area (Å²) >= 11 is 6.10. The van der Waals surface area contributed by atoms with Crippen LogP contribution in [0.2, 0.25) is 5.02 Å². The molecule has 2 aromatic rings. The zero-order valence-corrected chi connectivity index (χ0v) is 14.2. The number of hydrogen-bond donors (Lipinski definition) is 1. The van der Waals surface area contributed by atoms with Gasteiger partial charge in [-0.1, -0.05) is 11.6 Å². The van der Waals surface area contributed by atoms with Gasteiger partial charge in [0.2, 0.25) is 0 Å². The topological polar surface area (TPSA) is 70.5 Å². The van der Waals surface area contributed by atoms with Crippen LogP contribution in [-0.4, -0.2) is 40.0 Å². The molecule has 5 nitrogen and oxygen atoms in total. The lowest BCUT2D eigenvalue weighted by molar-refractivity contribution is -0.137. The summed E-state index contributed by atoms with van der Waals surface area (Å²) in [5.41, 5.74) is 2.24. The maximum atomic E-state index is 13.0. The van der Waals surface area contributed by atoms with Crippen molar-refractivity contribution in [2.75, 3.05) is 13.1 Å². The highest BCUT2D eigenvalue weighted by Gasteiger charge is 2.28. The van der Waals surface area contributed by atoms with Gasteiger partial charge in [-0.25, -0.2) is 0 Å². The van der Waals surface area contributed by atoms with E-state index in [1.54, 1.807) is 17.0 Å². The van der Waals surface area contributed by atoms with Crippen LogP contribution in [0, 0.1) is 0 Å². The predicted octanol–water partition coefficient (Wildman–Crippen LogP) is 3.70. The van der Waals surface area contributed by atoms with Crippen molar-refractivity contribution in [3.05, 3.63) is 40.5 Å². The summed E-state index contributed by atoms with van der Waals surface area (Å²) in [6.45, 7) is 2.49. The first kappa shape index (κ1) is 16.7. The van der Waals surface area contributed by atoms with Crippen LogP contribution in [0.15, 0.2) is 24.3 Å². The van der Waals surface area contributed by atoms with Crippen molar-refractivity contribution >= 4 is 34.4 Å². The second-order valence-electron chi connectivity index (χ2n) is 6.06. The second-order valence-corrected chi connectivity index (χ2v) is 6.50. The number of benzene rings is 1. The standard InChI is InChI=1S/C18H19ClN2O3/c1-2-21(8-7-17(22)23)18(24)14-10-16(11-3-4-11)20-15-6-5-12(19)9-13(14)15/h5-6,9-11H,2-4,7-8H2,1H3,(H,22,23). The number of aliphatic carboxylic acids is 1. The van der Waals surface area contributed by atoms with Gasteiger partial charge in [-0.3, -0.25) is 14.6 Å². The monoisotopic (exact) mass is 346 g/mol. The van der Waals surface area contributed by atoms with Gasteiger partial charge in [0.15, 0.2) is 0 Å². The Bertz CT molecular complexity index is 802. The van der Waals surface area contributed by atoms with Crippen molar-refractivity contribution in [1.82, 2.24) is 9.88 Å². The fourth-order valence-corrected chi connectivity index (χ4v) is 2.96. The average molecular weight is 347 g/mol. The quantitative estimate of drug-likeness (QED) is 0.865.